The van der Waals surface area contributed by atoms with E-state index in [0.717, 1.165) is 50.0 Å². The summed E-state index contributed by atoms with van der Waals surface area (Å²) in [4.78, 5) is 0. The molecule has 2 fully saturated rings. The Labute approximate surface area is 146 Å². The van der Waals surface area contributed by atoms with Gasteiger partial charge in [0.25, 0.3) is 0 Å². The van der Waals surface area contributed by atoms with E-state index in [1.165, 1.54) is 18.4 Å². The Bertz CT molecular complexity index is 684. The molecular formula is C23H28O. The van der Waals surface area contributed by atoms with Gasteiger partial charge in [0.1, 0.15) is 5.60 Å². The van der Waals surface area contributed by atoms with Gasteiger partial charge in [0, 0.05) is 11.0 Å². The molecule has 0 radical (unpaired) electrons. The van der Waals surface area contributed by atoms with Crippen molar-refractivity contribution >= 4 is 0 Å². The number of terminal acetylenes is 2. The predicted octanol–water partition coefficient (Wildman–Crippen LogP) is 4.48. The minimum Gasteiger partial charge on any atom is -0.377 e. The molecule has 0 heterocycles. The lowest BCUT2D eigenvalue weighted by molar-refractivity contribution is -0.0943. The maximum atomic E-state index is 11.2. The third kappa shape index (κ3) is 1.95. The number of hydrogen-bond donors (Lipinski definition) is 1. The first-order valence-corrected chi connectivity index (χ1v) is 9.66. The molecule has 0 spiro atoms. The van der Waals surface area contributed by atoms with Gasteiger partial charge in [0.15, 0.2) is 0 Å². The quantitative estimate of drug-likeness (QED) is 0.706. The van der Waals surface area contributed by atoms with Crippen LogP contribution in [-0.2, 0) is 0 Å². The zero-order chi connectivity index (χ0) is 16.9. The van der Waals surface area contributed by atoms with Gasteiger partial charge >= 0.3 is 0 Å². The maximum absolute atomic E-state index is 11.2. The summed E-state index contributed by atoms with van der Waals surface area (Å²) in [5.74, 6) is 8.35. The van der Waals surface area contributed by atoms with E-state index in [-0.39, 0.29) is 5.41 Å². The Morgan fingerprint density at radius 1 is 1.21 bits per heavy atom. The second kappa shape index (κ2) is 5.54. The molecule has 0 amide bonds. The highest BCUT2D eigenvalue weighted by atomic mass is 16.3. The van der Waals surface area contributed by atoms with Gasteiger partial charge in [-0.1, -0.05) is 24.8 Å². The molecule has 4 aliphatic rings. The van der Waals surface area contributed by atoms with Crippen LogP contribution in [-0.4, -0.2) is 10.7 Å². The minimum atomic E-state index is -0.884. The SMILES string of the molecule is C#CC1=CC2=CC[C@@H]3[C@H](CC[C@@]4(CC)[C@H]3CC[C@@]4(O)C#C)C2CC1. The van der Waals surface area contributed by atoms with Gasteiger partial charge in [-0.2, -0.15) is 0 Å². The predicted molar refractivity (Wildman–Crippen MR) is 97.8 cm³/mol. The van der Waals surface area contributed by atoms with Crippen LogP contribution in [0.4, 0.5) is 0 Å². The summed E-state index contributed by atoms with van der Waals surface area (Å²) >= 11 is 0. The van der Waals surface area contributed by atoms with Crippen LogP contribution in [0.5, 0.6) is 0 Å². The number of aliphatic hydroxyl groups is 1. The van der Waals surface area contributed by atoms with E-state index in [9.17, 15) is 5.11 Å². The topological polar surface area (TPSA) is 20.2 Å². The summed E-state index contributed by atoms with van der Waals surface area (Å²) in [5, 5.41) is 11.2. The Morgan fingerprint density at radius 2 is 2.04 bits per heavy atom. The summed E-state index contributed by atoms with van der Waals surface area (Å²) in [5.41, 5.74) is 1.72. The van der Waals surface area contributed by atoms with Crippen LogP contribution in [0.3, 0.4) is 0 Å². The van der Waals surface area contributed by atoms with Crippen LogP contribution in [0, 0.1) is 53.8 Å². The average Bonchev–Trinajstić information content (AvgIpc) is 2.94. The van der Waals surface area contributed by atoms with Crippen LogP contribution in [0.15, 0.2) is 23.3 Å². The average molecular weight is 320 g/mol. The van der Waals surface area contributed by atoms with Gasteiger partial charge in [0.2, 0.25) is 0 Å². The zero-order valence-corrected chi connectivity index (χ0v) is 14.7. The van der Waals surface area contributed by atoms with Gasteiger partial charge < -0.3 is 5.11 Å². The van der Waals surface area contributed by atoms with Crippen LogP contribution >= 0.6 is 0 Å². The van der Waals surface area contributed by atoms with E-state index in [2.05, 4.69) is 30.9 Å². The highest BCUT2D eigenvalue weighted by Gasteiger charge is 2.63. The molecule has 0 aromatic heterocycles. The van der Waals surface area contributed by atoms with Crippen LogP contribution in [0.2, 0.25) is 0 Å². The molecule has 1 unspecified atom stereocenters. The van der Waals surface area contributed by atoms with Crippen molar-refractivity contribution in [2.45, 2.75) is 63.9 Å². The number of hydrogen-bond acceptors (Lipinski definition) is 1. The van der Waals surface area contributed by atoms with Gasteiger partial charge in [-0.15, -0.1) is 12.8 Å². The van der Waals surface area contributed by atoms with Crippen molar-refractivity contribution in [3.8, 4) is 24.7 Å². The molecule has 1 N–H and O–H groups in total. The Morgan fingerprint density at radius 3 is 2.75 bits per heavy atom. The smallest absolute Gasteiger partial charge is 0.131 e. The molecule has 2 saturated carbocycles. The normalized spacial score (nSPS) is 46.5. The van der Waals surface area contributed by atoms with Crippen LogP contribution in [0.1, 0.15) is 58.3 Å². The Kier molecular flexibility index (Phi) is 3.71. The molecule has 24 heavy (non-hydrogen) atoms. The fraction of sp³-hybridized carbons (Fsp3) is 0.652. The second-order valence-corrected chi connectivity index (χ2v) is 8.42. The molecule has 0 aliphatic heterocycles. The lowest BCUT2D eigenvalue weighted by Gasteiger charge is -2.55. The summed E-state index contributed by atoms with van der Waals surface area (Å²) in [6.45, 7) is 2.23. The largest absolute Gasteiger partial charge is 0.377 e. The zero-order valence-electron chi connectivity index (χ0n) is 14.7. The first kappa shape index (κ1) is 16.1. The first-order valence-electron chi connectivity index (χ1n) is 9.66. The highest BCUT2D eigenvalue weighted by molar-refractivity contribution is 5.40. The van der Waals surface area contributed by atoms with Crippen molar-refractivity contribution in [2.24, 2.45) is 29.1 Å². The van der Waals surface area contributed by atoms with Crippen molar-refractivity contribution in [3.05, 3.63) is 23.3 Å². The fourth-order valence-corrected chi connectivity index (χ4v) is 6.85. The monoisotopic (exact) mass is 320 g/mol. The van der Waals surface area contributed by atoms with E-state index in [0.29, 0.717) is 17.8 Å². The highest BCUT2D eigenvalue weighted by Crippen LogP contribution is 2.65. The summed E-state index contributed by atoms with van der Waals surface area (Å²) in [6, 6.07) is 0. The maximum Gasteiger partial charge on any atom is 0.131 e. The van der Waals surface area contributed by atoms with Crippen molar-refractivity contribution < 1.29 is 5.11 Å². The van der Waals surface area contributed by atoms with E-state index in [1.807, 2.05) is 0 Å². The summed E-state index contributed by atoms with van der Waals surface area (Å²) in [6.07, 6.45) is 24.7. The fourth-order valence-electron chi connectivity index (χ4n) is 6.85. The van der Waals surface area contributed by atoms with Gasteiger partial charge in [-0.05, 0) is 86.7 Å². The standard InChI is InChI=1S/C23H28O/c1-4-16-7-9-18-17(15-16)8-10-20-19(18)11-13-22(5-2)21(20)12-14-23(22,24)6-3/h1,3,8,15,18-21,24H,5,7,9-14H2,2H3/t18?,19-,20-,21+,22+,23+/m1/s1. The van der Waals surface area contributed by atoms with Crippen LogP contribution in [0.25, 0.3) is 0 Å². The third-order valence-corrected chi connectivity index (χ3v) is 8.03. The molecule has 0 bridgehead atoms. The van der Waals surface area contributed by atoms with Crippen LogP contribution < -0.4 is 0 Å². The molecule has 4 rings (SSSR count). The minimum absolute atomic E-state index is 0.0528. The lowest BCUT2D eigenvalue weighted by Crippen LogP contribution is -2.53. The number of fused-ring (bicyclic) bond motifs is 5. The van der Waals surface area contributed by atoms with Crippen molar-refractivity contribution in [1.29, 1.82) is 0 Å². The van der Waals surface area contributed by atoms with E-state index in [1.54, 1.807) is 0 Å². The molecule has 0 aromatic rings. The molecule has 0 saturated heterocycles. The summed E-state index contributed by atoms with van der Waals surface area (Å²) in [7, 11) is 0. The van der Waals surface area contributed by atoms with E-state index >= 15 is 0 Å². The molecule has 0 aromatic carbocycles. The van der Waals surface area contributed by atoms with Gasteiger partial charge in [-0.3, -0.25) is 0 Å². The second-order valence-electron chi connectivity index (χ2n) is 8.42. The van der Waals surface area contributed by atoms with Gasteiger partial charge in [-0.25, -0.2) is 0 Å². The first-order chi connectivity index (χ1) is 11.6. The summed E-state index contributed by atoms with van der Waals surface area (Å²) < 4.78 is 0. The molecule has 1 heteroatoms. The van der Waals surface area contributed by atoms with Crippen molar-refractivity contribution in [1.82, 2.24) is 0 Å². The third-order valence-electron chi connectivity index (χ3n) is 8.03. The number of allylic oxidation sites excluding steroid dienone is 4. The Balaban J connectivity index is 1.69. The molecule has 126 valence electrons. The van der Waals surface area contributed by atoms with Gasteiger partial charge in [0.05, 0.1) is 0 Å². The van der Waals surface area contributed by atoms with E-state index in [4.69, 9.17) is 12.8 Å². The van der Waals surface area contributed by atoms with Crippen molar-refractivity contribution in [2.75, 3.05) is 0 Å². The molecule has 1 nitrogen and oxygen atoms in total. The Hall–Kier alpha value is -1.44. The van der Waals surface area contributed by atoms with E-state index < -0.39 is 5.60 Å². The molecular weight excluding hydrogens is 292 g/mol. The lowest BCUT2D eigenvalue weighted by atomic mass is 9.50. The molecule has 4 aliphatic carbocycles. The number of rotatable bonds is 1. The molecule has 6 atom stereocenters. The van der Waals surface area contributed by atoms with Crippen molar-refractivity contribution in [3.63, 3.8) is 0 Å².